The number of halogens is 1. The Morgan fingerprint density at radius 1 is 1.04 bits per heavy atom. The average molecular weight is 327 g/mol. The van der Waals surface area contributed by atoms with Crippen molar-refractivity contribution in [1.29, 1.82) is 0 Å². The van der Waals surface area contributed by atoms with E-state index in [2.05, 4.69) is 20.3 Å². The number of anilines is 1. The van der Waals surface area contributed by atoms with Crippen LogP contribution in [0.3, 0.4) is 0 Å². The van der Waals surface area contributed by atoms with Crippen LogP contribution in [0.4, 0.5) is 5.69 Å². The van der Waals surface area contributed by atoms with Gasteiger partial charge in [0.15, 0.2) is 0 Å². The van der Waals surface area contributed by atoms with Gasteiger partial charge in [0.2, 0.25) is 5.88 Å². The molecule has 6 nitrogen and oxygen atoms in total. The summed E-state index contributed by atoms with van der Waals surface area (Å²) < 4.78 is 5.52. The molecule has 0 saturated heterocycles. The highest BCUT2D eigenvalue weighted by Crippen LogP contribution is 2.21. The summed E-state index contributed by atoms with van der Waals surface area (Å²) in [5, 5.41) is 3.19. The third-order valence-electron chi connectivity index (χ3n) is 2.83. The molecule has 7 heteroatoms. The van der Waals surface area contributed by atoms with Gasteiger partial charge in [0.1, 0.15) is 11.4 Å². The molecule has 0 aliphatic carbocycles. The molecular formula is C16H11ClN4O2. The van der Waals surface area contributed by atoms with Gasteiger partial charge < -0.3 is 10.1 Å². The van der Waals surface area contributed by atoms with Gasteiger partial charge in [-0.1, -0.05) is 11.6 Å². The Morgan fingerprint density at radius 3 is 2.57 bits per heavy atom. The number of benzene rings is 1. The molecule has 1 amide bonds. The third-order valence-corrected chi connectivity index (χ3v) is 3.06. The van der Waals surface area contributed by atoms with Crippen molar-refractivity contribution >= 4 is 23.2 Å². The zero-order valence-electron chi connectivity index (χ0n) is 11.8. The number of aromatic nitrogens is 3. The van der Waals surface area contributed by atoms with Crippen molar-refractivity contribution in [3.63, 3.8) is 0 Å². The van der Waals surface area contributed by atoms with E-state index in [-0.39, 0.29) is 11.6 Å². The summed E-state index contributed by atoms with van der Waals surface area (Å²) in [6, 6.07) is 9.98. The number of hydrogen-bond acceptors (Lipinski definition) is 5. The van der Waals surface area contributed by atoms with Gasteiger partial charge >= 0.3 is 0 Å². The molecule has 2 aromatic heterocycles. The Kier molecular flexibility index (Phi) is 4.44. The zero-order chi connectivity index (χ0) is 16.1. The lowest BCUT2D eigenvalue weighted by atomic mass is 10.3. The summed E-state index contributed by atoms with van der Waals surface area (Å²) in [4.78, 5) is 24.0. The number of pyridine rings is 1. The molecule has 2 heterocycles. The second-order valence-corrected chi connectivity index (χ2v) is 4.92. The maximum atomic E-state index is 12.1. The fourth-order valence-electron chi connectivity index (χ4n) is 1.79. The predicted molar refractivity (Wildman–Crippen MR) is 85.7 cm³/mol. The van der Waals surface area contributed by atoms with Crippen molar-refractivity contribution in [2.45, 2.75) is 0 Å². The topological polar surface area (TPSA) is 77.0 Å². The Bertz CT molecular complexity index is 810. The minimum atomic E-state index is -0.338. The van der Waals surface area contributed by atoms with Crippen LogP contribution in [0.25, 0.3) is 0 Å². The summed E-state index contributed by atoms with van der Waals surface area (Å²) >= 11 is 5.84. The summed E-state index contributed by atoms with van der Waals surface area (Å²) in [6.45, 7) is 0. The number of carbonyl (C=O) groups excluding carboxylic acids is 1. The van der Waals surface area contributed by atoms with Gasteiger partial charge in [0.05, 0.1) is 6.20 Å². The molecule has 0 bridgehead atoms. The molecule has 0 atom stereocenters. The largest absolute Gasteiger partial charge is 0.438 e. The molecule has 1 aromatic carbocycles. The van der Waals surface area contributed by atoms with E-state index in [1.54, 1.807) is 42.7 Å². The first kappa shape index (κ1) is 14.9. The summed E-state index contributed by atoms with van der Waals surface area (Å²) in [6.07, 6.45) is 6.10. The van der Waals surface area contributed by atoms with Crippen molar-refractivity contribution in [2.75, 3.05) is 5.32 Å². The number of hydrogen-bond donors (Lipinski definition) is 1. The van der Waals surface area contributed by atoms with Gasteiger partial charge in [0.25, 0.3) is 5.91 Å². The van der Waals surface area contributed by atoms with Crippen molar-refractivity contribution in [2.24, 2.45) is 0 Å². The maximum absolute atomic E-state index is 12.1. The second kappa shape index (κ2) is 6.85. The third kappa shape index (κ3) is 4.02. The first-order valence-electron chi connectivity index (χ1n) is 6.67. The lowest BCUT2D eigenvalue weighted by Crippen LogP contribution is -2.13. The average Bonchev–Trinajstić information content (AvgIpc) is 2.57. The van der Waals surface area contributed by atoms with Gasteiger partial charge in [-0.2, -0.15) is 0 Å². The fourth-order valence-corrected chi connectivity index (χ4v) is 1.95. The van der Waals surface area contributed by atoms with E-state index in [0.717, 1.165) is 0 Å². The molecule has 0 aliphatic heterocycles. The van der Waals surface area contributed by atoms with E-state index in [0.29, 0.717) is 22.3 Å². The monoisotopic (exact) mass is 326 g/mol. The molecule has 0 aliphatic rings. The Hall–Kier alpha value is -2.99. The van der Waals surface area contributed by atoms with Crippen molar-refractivity contribution in [3.05, 3.63) is 71.9 Å². The van der Waals surface area contributed by atoms with Crippen LogP contribution in [-0.2, 0) is 0 Å². The number of rotatable bonds is 4. The molecule has 1 N–H and O–H groups in total. The predicted octanol–water partition coefficient (Wildman–Crippen LogP) is 3.57. The lowest BCUT2D eigenvalue weighted by molar-refractivity contribution is 0.102. The molecule has 3 rings (SSSR count). The van der Waals surface area contributed by atoms with E-state index < -0.39 is 0 Å². The van der Waals surface area contributed by atoms with Crippen LogP contribution in [0.1, 0.15) is 10.5 Å². The smallest absolute Gasteiger partial charge is 0.274 e. The van der Waals surface area contributed by atoms with Crippen molar-refractivity contribution < 1.29 is 9.53 Å². The molecular weight excluding hydrogens is 316 g/mol. The van der Waals surface area contributed by atoms with Crippen LogP contribution in [0.15, 0.2) is 61.2 Å². The molecule has 0 spiro atoms. The molecule has 3 aromatic rings. The van der Waals surface area contributed by atoms with Crippen LogP contribution in [0.2, 0.25) is 5.02 Å². The van der Waals surface area contributed by atoms with Crippen LogP contribution in [0.5, 0.6) is 11.6 Å². The highest BCUT2D eigenvalue weighted by atomic mass is 35.5. The van der Waals surface area contributed by atoms with Gasteiger partial charge in [-0.25, -0.2) is 4.98 Å². The Labute approximate surface area is 137 Å². The highest BCUT2D eigenvalue weighted by molar-refractivity contribution is 6.30. The maximum Gasteiger partial charge on any atom is 0.274 e. The minimum absolute atomic E-state index is 0.248. The van der Waals surface area contributed by atoms with Crippen LogP contribution in [-0.4, -0.2) is 20.9 Å². The van der Waals surface area contributed by atoms with Crippen molar-refractivity contribution in [3.8, 4) is 11.6 Å². The molecule has 0 unspecified atom stereocenters. The molecule has 114 valence electrons. The summed E-state index contributed by atoms with van der Waals surface area (Å²) in [7, 11) is 0. The number of amides is 1. The summed E-state index contributed by atoms with van der Waals surface area (Å²) in [5.41, 5.74) is 0.862. The molecule has 0 saturated carbocycles. The number of carbonyl (C=O) groups is 1. The quantitative estimate of drug-likeness (QED) is 0.793. The minimum Gasteiger partial charge on any atom is -0.438 e. The van der Waals surface area contributed by atoms with Crippen LogP contribution in [0, 0.1) is 0 Å². The fraction of sp³-hybridized carbons (Fsp3) is 0. The second-order valence-electron chi connectivity index (χ2n) is 4.48. The normalized spacial score (nSPS) is 10.1. The number of ether oxygens (including phenoxy) is 1. The molecule has 0 fully saturated rings. The highest BCUT2D eigenvalue weighted by Gasteiger charge is 2.08. The van der Waals surface area contributed by atoms with E-state index in [1.807, 2.05) is 0 Å². The summed E-state index contributed by atoms with van der Waals surface area (Å²) in [5.74, 6) is 0.645. The Morgan fingerprint density at radius 2 is 1.87 bits per heavy atom. The SMILES string of the molecule is O=C(Nc1ccc(Oc2cnccn2)cc1)c1cc(Cl)ccn1. The van der Waals surface area contributed by atoms with Crippen LogP contribution >= 0.6 is 11.6 Å². The van der Waals surface area contributed by atoms with E-state index >= 15 is 0 Å². The zero-order valence-corrected chi connectivity index (χ0v) is 12.6. The lowest BCUT2D eigenvalue weighted by Gasteiger charge is -2.07. The number of nitrogens with zero attached hydrogens (tertiary/aromatic N) is 3. The first-order chi connectivity index (χ1) is 11.2. The molecule has 0 radical (unpaired) electrons. The number of nitrogens with one attached hydrogen (secondary N) is 1. The van der Waals surface area contributed by atoms with Crippen molar-refractivity contribution in [1.82, 2.24) is 15.0 Å². The van der Waals surface area contributed by atoms with E-state index in [4.69, 9.17) is 16.3 Å². The Balaban J connectivity index is 1.67. The first-order valence-corrected chi connectivity index (χ1v) is 7.05. The molecule has 23 heavy (non-hydrogen) atoms. The standard InChI is InChI=1S/C16H11ClN4O2/c17-11-5-6-19-14(9-11)16(22)21-12-1-3-13(4-2-12)23-15-10-18-7-8-20-15/h1-10H,(H,21,22). The van der Waals surface area contributed by atoms with E-state index in [9.17, 15) is 4.79 Å². The van der Waals surface area contributed by atoms with Gasteiger partial charge in [-0.15, -0.1) is 0 Å². The van der Waals surface area contributed by atoms with Gasteiger partial charge in [-0.3, -0.25) is 14.8 Å². The van der Waals surface area contributed by atoms with E-state index in [1.165, 1.54) is 18.5 Å². The van der Waals surface area contributed by atoms with Crippen LogP contribution < -0.4 is 10.1 Å². The van der Waals surface area contributed by atoms with Gasteiger partial charge in [0, 0.05) is 29.3 Å². The van der Waals surface area contributed by atoms with Gasteiger partial charge in [-0.05, 0) is 36.4 Å².